The van der Waals surface area contributed by atoms with Gasteiger partial charge in [-0.25, -0.2) is 0 Å². The number of piperidine rings is 1. The molecule has 1 atom stereocenters. The first-order valence-corrected chi connectivity index (χ1v) is 7.24. The second kappa shape index (κ2) is 6.45. The zero-order valence-corrected chi connectivity index (χ0v) is 12.3. The van der Waals surface area contributed by atoms with Crippen LogP contribution >= 0.6 is 15.9 Å². The molecule has 0 aliphatic carbocycles. The number of hydrogen-bond donors (Lipinski definition) is 1. The van der Waals surface area contributed by atoms with E-state index in [0.717, 1.165) is 42.6 Å². The van der Waals surface area contributed by atoms with E-state index in [1.54, 1.807) is 6.07 Å². The van der Waals surface area contributed by atoms with Gasteiger partial charge >= 0.3 is 0 Å². The largest absolute Gasteiger partial charge is 0.330 e. The van der Waals surface area contributed by atoms with Crippen molar-refractivity contribution in [1.82, 2.24) is 4.90 Å². The first-order valence-electron chi connectivity index (χ1n) is 6.45. The number of nitro groups is 1. The average molecular weight is 328 g/mol. The molecule has 2 rings (SSSR count). The van der Waals surface area contributed by atoms with Crippen LogP contribution < -0.4 is 5.73 Å². The van der Waals surface area contributed by atoms with E-state index in [1.807, 2.05) is 6.07 Å². The van der Waals surface area contributed by atoms with Crippen LogP contribution in [0.4, 0.5) is 5.69 Å². The average Bonchev–Trinajstić information content (AvgIpc) is 2.38. The van der Waals surface area contributed by atoms with Crippen LogP contribution in [0, 0.1) is 16.0 Å². The number of nitrogens with zero attached hydrogens (tertiary/aromatic N) is 2. The minimum Gasteiger partial charge on any atom is -0.330 e. The van der Waals surface area contributed by atoms with E-state index in [9.17, 15) is 10.1 Å². The number of benzene rings is 1. The standard InChI is InChI=1S/C13H18BrN3O2/c14-12-4-11(5-13(6-12)17(18)19)9-16-3-1-2-10(7-15)8-16/h4-6,10H,1-3,7-9,15H2. The number of rotatable bonds is 4. The van der Waals surface area contributed by atoms with E-state index in [-0.39, 0.29) is 10.6 Å². The highest BCUT2D eigenvalue weighted by Gasteiger charge is 2.19. The molecule has 1 heterocycles. The summed E-state index contributed by atoms with van der Waals surface area (Å²) in [6, 6.07) is 5.12. The lowest BCUT2D eigenvalue weighted by Gasteiger charge is -2.32. The van der Waals surface area contributed by atoms with Gasteiger partial charge in [0.1, 0.15) is 0 Å². The van der Waals surface area contributed by atoms with Gasteiger partial charge in [-0.3, -0.25) is 15.0 Å². The molecular formula is C13H18BrN3O2. The first-order chi connectivity index (χ1) is 9.08. The molecule has 19 heavy (non-hydrogen) atoms. The van der Waals surface area contributed by atoms with Crippen molar-refractivity contribution in [2.24, 2.45) is 11.7 Å². The van der Waals surface area contributed by atoms with Crippen LogP contribution in [0.1, 0.15) is 18.4 Å². The van der Waals surface area contributed by atoms with Gasteiger partial charge in [0.15, 0.2) is 0 Å². The van der Waals surface area contributed by atoms with Crippen LogP contribution in [0.2, 0.25) is 0 Å². The summed E-state index contributed by atoms with van der Waals surface area (Å²) in [5.74, 6) is 0.552. The Hall–Kier alpha value is -0.980. The SMILES string of the molecule is NCC1CCCN(Cc2cc(Br)cc([N+](=O)[O-])c2)C1. The maximum atomic E-state index is 10.9. The summed E-state index contributed by atoms with van der Waals surface area (Å²) in [5.41, 5.74) is 6.83. The van der Waals surface area contributed by atoms with Crippen molar-refractivity contribution < 1.29 is 4.92 Å². The van der Waals surface area contributed by atoms with Crippen molar-refractivity contribution in [3.05, 3.63) is 38.3 Å². The summed E-state index contributed by atoms with van der Waals surface area (Å²) in [7, 11) is 0. The Morgan fingerprint density at radius 1 is 1.47 bits per heavy atom. The molecule has 0 amide bonds. The van der Waals surface area contributed by atoms with Crippen molar-refractivity contribution in [2.45, 2.75) is 19.4 Å². The summed E-state index contributed by atoms with van der Waals surface area (Å²) in [5, 5.41) is 10.9. The molecule has 5 nitrogen and oxygen atoms in total. The third-order valence-electron chi connectivity index (χ3n) is 3.50. The summed E-state index contributed by atoms with van der Waals surface area (Å²) in [4.78, 5) is 12.8. The molecular weight excluding hydrogens is 310 g/mol. The molecule has 0 bridgehead atoms. The molecule has 2 N–H and O–H groups in total. The van der Waals surface area contributed by atoms with E-state index in [2.05, 4.69) is 20.8 Å². The maximum absolute atomic E-state index is 10.9. The molecule has 1 aromatic rings. The molecule has 0 spiro atoms. The molecule has 0 radical (unpaired) electrons. The number of nitrogens with two attached hydrogens (primary N) is 1. The Morgan fingerprint density at radius 3 is 2.95 bits per heavy atom. The Bertz CT molecular complexity index is 467. The Labute approximate surface area is 121 Å². The van der Waals surface area contributed by atoms with Crippen LogP contribution in [0.3, 0.4) is 0 Å². The van der Waals surface area contributed by atoms with Crippen molar-refractivity contribution in [1.29, 1.82) is 0 Å². The van der Waals surface area contributed by atoms with Crippen LogP contribution in [0.15, 0.2) is 22.7 Å². The molecule has 1 aromatic carbocycles. The second-order valence-electron chi connectivity index (χ2n) is 5.05. The monoisotopic (exact) mass is 327 g/mol. The number of nitro benzene ring substituents is 1. The highest BCUT2D eigenvalue weighted by Crippen LogP contribution is 2.24. The van der Waals surface area contributed by atoms with Crippen LogP contribution in [0.25, 0.3) is 0 Å². The lowest BCUT2D eigenvalue weighted by Crippen LogP contribution is -2.37. The van der Waals surface area contributed by atoms with Crippen molar-refractivity contribution in [2.75, 3.05) is 19.6 Å². The van der Waals surface area contributed by atoms with E-state index >= 15 is 0 Å². The highest BCUT2D eigenvalue weighted by atomic mass is 79.9. The van der Waals surface area contributed by atoms with E-state index in [0.29, 0.717) is 5.92 Å². The van der Waals surface area contributed by atoms with Gasteiger partial charge < -0.3 is 5.73 Å². The lowest BCUT2D eigenvalue weighted by molar-refractivity contribution is -0.385. The lowest BCUT2D eigenvalue weighted by atomic mass is 9.98. The molecule has 104 valence electrons. The number of hydrogen-bond acceptors (Lipinski definition) is 4. The van der Waals surface area contributed by atoms with E-state index < -0.39 is 0 Å². The molecule has 1 aliphatic heterocycles. The third kappa shape index (κ3) is 3.99. The zero-order valence-electron chi connectivity index (χ0n) is 10.7. The predicted molar refractivity (Wildman–Crippen MR) is 77.9 cm³/mol. The number of non-ortho nitro benzene ring substituents is 1. The second-order valence-corrected chi connectivity index (χ2v) is 5.97. The van der Waals surface area contributed by atoms with Gasteiger partial charge in [-0.2, -0.15) is 0 Å². The fourth-order valence-corrected chi connectivity index (χ4v) is 3.10. The maximum Gasteiger partial charge on any atom is 0.270 e. The topological polar surface area (TPSA) is 72.4 Å². The normalized spacial score (nSPS) is 20.4. The van der Waals surface area contributed by atoms with Gasteiger partial charge in [0, 0.05) is 29.7 Å². The molecule has 1 fully saturated rings. The van der Waals surface area contributed by atoms with Crippen LogP contribution in [-0.2, 0) is 6.54 Å². The summed E-state index contributed by atoms with van der Waals surface area (Å²) in [6.07, 6.45) is 2.34. The molecule has 0 saturated carbocycles. The van der Waals surface area contributed by atoms with Crippen molar-refractivity contribution in [3.8, 4) is 0 Å². The van der Waals surface area contributed by atoms with Gasteiger partial charge in [-0.05, 0) is 43.5 Å². The van der Waals surface area contributed by atoms with E-state index in [4.69, 9.17) is 5.73 Å². The minimum absolute atomic E-state index is 0.136. The van der Waals surface area contributed by atoms with Crippen LogP contribution in [0.5, 0.6) is 0 Å². The zero-order chi connectivity index (χ0) is 13.8. The third-order valence-corrected chi connectivity index (χ3v) is 3.95. The highest BCUT2D eigenvalue weighted by molar-refractivity contribution is 9.10. The molecule has 1 aliphatic rings. The van der Waals surface area contributed by atoms with Gasteiger partial charge in [0.2, 0.25) is 0 Å². The summed E-state index contributed by atoms with van der Waals surface area (Å²) in [6.45, 7) is 3.49. The predicted octanol–water partition coefficient (Wildman–Crippen LogP) is 2.53. The smallest absolute Gasteiger partial charge is 0.270 e. The Balaban J connectivity index is 2.08. The molecule has 0 aromatic heterocycles. The summed E-state index contributed by atoms with van der Waals surface area (Å²) >= 11 is 3.33. The van der Waals surface area contributed by atoms with Gasteiger partial charge in [0.25, 0.3) is 5.69 Å². The van der Waals surface area contributed by atoms with Gasteiger partial charge in [-0.1, -0.05) is 15.9 Å². The number of halogens is 1. The fraction of sp³-hybridized carbons (Fsp3) is 0.538. The van der Waals surface area contributed by atoms with Gasteiger partial charge in [-0.15, -0.1) is 0 Å². The Kier molecular flexibility index (Phi) is 4.90. The molecule has 1 unspecified atom stereocenters. The van der Waals surface area contributed by atoms with Crippen molar-refractivity contribution in [3.63, 3.8) is 0 Å². The molecule has 1 saturated heterocycles. The first kappa shape index (κ1) is 14.4. The van der Waals surface area contributed by atoms with E-state index in [1.165, 1.54) is 12.5 Å². The van der Waals surface area contributed by atoms with Crippen molar-refractivity contribution >= 4 is 21.6 Å². The fourth-order valence-electron chi connectivity index (χ4n) is 2.58. The van der Waals surface area contributed by atoms with Crippen LogP contribution in [-0.4, -0.2) is 29.5 Å². The minimum atomic E-state index is -0.354. The number of likely N-dealkylation sites (tertiary alicyclic amines) is 1. The summed E-state index contributed by atoms with van der Waals surface area (Å²) < 4.78 is 0.754. The quantitative estimate of drug-likeness (QED) is 0.681. The molecule has 6 heteroatoms. The van der Waals surface area contributed by atoms with Gasteiger partial charge in [0.05, 0.1) is 4.92 Å². The Morgan fingerprint density at radius 2 is 2.26 bits per heavy atom.